The van der Waals surface area contributed by atoms with Gasteiger partial charge in [-0.15, -0.1) is 0 Å². The second-order valence-corrected chi connectivity index (χ2v) is 7.30. The molecule has 0 atom stereocenters. The third kappa shape index (κ3) is 3.12. The van der Waals surface area contributed by atoms with E-state index in [0.29, 0.717) is 0 Å². The summed E-state index contributed by atoms with van der Waals surface area (Å²) in [6.07, 6.45) is 9.90. The van der Waals surface area contributed by atoms with Gasteiger partial charge < -0.3 is 9.97 Å². The van der Waals surface area contributed by atoms with Gasteiger partial charge in [0.25, 0.3) is 0 Å². The van der Waals surface area contributed by atoms with Gasteiger partial charge in [-0.2, -0.15) is 0 Å². The highest BCUT2D eigenvalue weighted by Gasteiger charge is 2.07. The first kappa shape index (κ1) is 16.7. The van der Waals surface area contributed by atoms with Gasteiger partial charge in [0.15, 0.2) is 0 Å². The first-order valence-corrected chi connectivity index (χ1v) is 9.78. The van der Waals surface area contributed by atoms with Gasteiger partial charge in [0, 0.05) is 28.3 Å². The smallest absolute Gasteiger partial charge is 0.0723 e. The van der Waals surface area contributed by atoms with E-state index in [-0.39, 0.29) is 0 Å². The maximum atomic E-state index is 4.75. The summed E-state index contributed by atoms with van der Waals surface area (Å²) in [7, 11) is 0. The Morgan fingerprint density at radius 2 is 1.20 bits per heavy atom. The Morgan fingerprint density at radius 1 is 0.567 bits per heavy atom. The second kappa shape index (κ2) is 6.67. The summed E-state index contributed by atoms with van der Waals surface area (Å²) in [6.45, 7) is 0. The van der Waals surface area contributed by atoms with E-state index in [4.69, 9.17) is 9.97 Å². The van der Waals surface area contributed by atoms with Crippen molar-refractivity contribution in [1.29, 1.82) is 0 Å². The zero-order valence-corrected chi connectivity index (χ0v) is 16.0. The quantitative estimate of drug-likeness (QED) is 0.379. The lowest BCUT2D eigenvalue weighted by molar-refractivity contribution is 1.31. The molecule has 4 aromatic rings. The average molecular weight is 387 g/mol. The Hall–Kier alpha value is -4.25. The van der Waals surface area contributed by atoms with Gasteiger partial charge in [-0.05, 0) is 78.9 Å². The number of aromatic amines is 2. The standard InChI is InChI=1S/C25H17N5/c1-2-10-26-24(3-1)23-14-22-13-20-7-6-18(28-20)11-16-4-5-17(27-16)12-19-8-9-21(29-19)15-25(23)30-22/h1-15,27,30H. The normalized spacial score (nSPS) is 12.4. The van der Waals surface area contributed by atoms with Crippen molar-refractivity contribution in [1.82, 2.24) is 24.9 Å². The molecule has 6 heterocycles. The molecule has 6 rings (SSSR count). The molecule has 0 saturated carbocycles. The third-order valence-electron chi connectivity index (χ3n) is 5.11. The molecule has 0 fully saturated rings. The number of aromatic nitrogens is 5. The number of H-pyrrole nitrogens is 2. The molecule has 0 spiro atoms. The van der Waals surface area contributed by atoms with E-state index in [2.05, 4.69) is 27.1 Å². The Morgan fingerprint density at radius 3 is 1.83 bits per heavy atom. The highest BCUT2D eigenvalue weighted by atomic mass is 14.8. The van der Waals surface area contributed by atoms with Gasteiger partial charge in [0.1, 0.15) is 0 Å². The number of nitrogens with zero attached hydrogens (tertiary/aromatic N) is 3. The van der Waals surface area contributed by atoms with Crippen LogP contribution in [0.3, 0.4) is 0 Å². The fourth-order valence-corrected chi connectivity index (χ4v) is 3.75. The molecule has 0 unspecified atom stereocenters. The maximum Gasteiger partial charge on any atom is 0.0723 e. The van der Waals surface area contributed by atoms with Gasteiger partial charge in [0.2, 0.25) is 0 Å². The molecule has 0 aromatic carbocycles. The third-order valence-corrected chi connectivity index (χ3v) is 5.11. The van der Waals surface area contributed by atoms with Crippen LogP contribution in [-0.2, 0) is 0 Å². The monoisotopic (exact) mass is 387 g/mol. The molecule has 30 heavy (non-hydrogen) atoms. The van der Waals surface area contributed by atoms with Crippen molar-refractivity contribution >= 4 is 46.4 Å². The summed E-state index contributed by atoms with van der Waals surface area (Å²) in [5, 5.41) is 0. The molecule has 142 valence electrons. The van der Waals surface area contributed by atoms with Gasteiger partial charge >= 0.3 is 0 Å². The van der Waals surface area contributed by atoms with Crippen LogP contribution in [0.5, 0.6) is 0 Å². The zero-order valence-electron chi connectivity index (χ0n) is 16.0. The lowest BCUT2D eigenvalue weighted by Crippen LogP contribution is -1.80. The van der Waals surface area contributed by atoms with E-state index >= 15 is 0 Å². The van der Waals surface area contributed by atoms with Crippen molar-refractivity contribution in [3.8, 4) is 11.3 Å². The average Bonchev–Trinajstić information content (AvgIpc) is 3.53. The molecule has 0 amide bonds. The van der Waals surface area contributed by atoms with Crippen molar-refractivity contribution in [3.05, 3.63) is 89.6 Å². The molecule has 5 heteroatoms. The van der Waals surface area contributed by atoms with Gasteiger partial charge in [-0.25, -0.2) is 9.97 Å². The minimum Gasteiger partial charge on any atom is -0.355 e. The lowest BCUT2D eigenvalue weighted by Gasteiger charge is -1.96. The predicted octanol–water partition coefficient (Wildman–Crippen LogP) is 5.72. The van der Waals surface area contributed by atoms with Crippen LogP contribution in [0.15, 0.2) is 66.9 Å². The van der Waals surface area contributed by atoms with E-state index < -0.39 is 0 Å². The molecule has 2 N–H and O–H groups in total. The molecule has 0 aliphatic carbocycles. The molecular weight excluding hydrogens is 370 g/mol. The van der Waals surface area contributed by atoms with Gasteiger partial charge in [-0.3, -0.25) is 4.98 Å². The summed E-state index contributed by atoms with van der Waals surface area (Å²) in [5.74, 6) is 0. The summed E-state index contributed by atoms with van der Waals surface area (Å²) >= 11 is 0. The van der Waals surface area contributed by atoms with Crippen LogP contribution in [0.2, 0.25) is 0 Å². The Kier molecular flexibility index (Phi) is 3.71. The van der Waals surface area contributed by atoms with Crippen LogP contribution in [0.25, 0.3) is 57.6 Å². The second-order valence-electron chi connectivity index (χ2n) is 7.30. The number of pyridine rings is 1. The molecule has 4 aromatic heterocycles. The Balaban J connectivity index is 1.69. The summed E-state index contributed by atoms with van der Waals surface area (Å²) in [6, 6.07) is 20.3. The van der Waals surface area contributed by atoms with E-state index in [1.54, 1.807) is 0 Å². The Bertz CT molecular complexity index is 1490. The predicted molar refractivity (Wildman–Crippen MR) is 122 cm³/mol. The van der Waals surface area contributed by atoms with Crippen LogP contribution in [-0.4, -0.2) is 24.9 Å². The lowest BCUT2D eigenvalue weighted by atomic mass is 10.1. The summed E-state index contributed by atoms with van der Waals surface area (Å²) in [4.78, 5) is 20.9. The Labute approximate surface area is 172 Å². The summed E-state index contributed by atoms with van der Waals surface area (Å²) < 4.78 is 0. The van der Waals surface area contributed by atoms with E-state index in [9.17, 15) is 0 Å². The van der Waals surface area contributed by atoms with E-state index in [0.717, 1.165) is 56.1 Å². The number of nitrogens with one attached hydrogen (secondary N) is 2. The highest BCUT2D eigenvalue weighted by Crippen LogP contribution is 2.26. The van der Waals surface area contributed by atoms with Crippen molar-refractivity contribution in [2.75, 3.05) is 0 Å². The van der Waals surface area contributed by atoms with Crippen molar-refractivity contribution < 1.29 is 0 Å². The van der Waals surface area contributed by atoms with Crippen LogP contribution in [0.1, 0.15) is 22.8 Å². The minimum absolute atomic E-state index is 0.894. The van der Waals surface area contributed by atoms with Gasteiger partial charge in [-0.1, -0.05) is 6.07 Å². The van der Waals surface area contributed by atoms with Crippen LogP contribution < -0.4 is 0 Å². The van der Waals surface area contributed by atoms with Crippen molar-refractivity contribution in [2.24, 2.45) is 0 Å². The van der Waals surface area contributed by atoms with Crippen LogP contribution in [0, 0.1) is 0 Å². The molecule has 8 bridgehead atoms. The summed E-state index contributed by atoms with van der Waals surface area (Å²) in [5.41, 5.74) is 9.53. The maximum absolute atomic E-state index is 4.75. The van der Waals surface area contributed by atoms with E-state index in [1.165, 1.54) is 0 Å². The largest absolute Gasteiger partial charge is 0.355 e. The van der Waals surface area contributed by atoms with Gasteiger partial charge in [0.05, 0.1) is 34.0 Å². The fourth-order valence-electron chi connectivity index (χ4n) is 3.75. The van der Waals surface area contributed by atoms with Crippen molar-refractivity contribution in [2.45, 2.75) is 0 Å². The first-order chi connectivity index (χ1) is 14.8. The molecule has 2 aliphatic heterocycles. The molecule has 2 aliphatic rings. The number of rotatable bonds is 1. The fraction of sp³-hybridized carbons (Fsp3) is 0. The van der Waals surface area contributed by atoms with E-state index in [1.807, 2.05) is 79.0 Å². The molecule has 0 radical (unpaired) electrons. The minimum atomic E-state index is 0.894. The topological polar surface area (TPSA) is 70.2 Å². The SMILES string of the molecule is C1=Cc2cc3cc(-c4ccccn4)c(cc4nc(cc5ccc(cc1n2)[nH]5)C=C4)[nH]3. The van der Waals surface area contributed by atoms with Crippen LogP contribution >= 0.6 is 0 Å². The molecule has 0 saturated heterocycles. The number of hydrogen-bond donors (Lipinski definition) is 2. The zero-order chi connectivity index (χ0) is 19.9. The first-order valence-electron chi connectivity index (χ1n) is 9.78. The molecular formula is C25H17N5. The van der Waals surface area contributed by atoms with Crippen LogP contribution in [0.4, 0.5) is 0 Å². The number of hydrogen-bond acceptors (Lipinski definition) is 3. The molecule has 5 nitrogen and oxygen atoms in total. The van der Waals surface area contributed by atoms with Crippen molar-refractivity contribution in [3.63, 3.8) is 0 Å². The number of fused-ring (bicyclic) bond motifs is 8. The highest BCUT2D eigenvalue weighted by molar-refractivity contribution is 5.86.